The minimum atomic E-state index is -0.109. The van der Waals surface area contributed by atoms with Crippen molar-refractivity contribution < 1.29 is 9.47 Å². The molecule has 1 aliphatic heterocycles. The summed E-state index contributed by atoms with van der Waals surface area (Å²) in [4.78, 5) is 6.74. The second-order valence-electron chi connectivity index (χ2n) is 7.47. The largest absolute Gasteiger partial charge is 0.497 e. The quantitative estimate of drug-likeness (QED) is 0.583. The fraction of sp³-hybridized carbons (Fsp3) is 0.304. The van der Waals surface area contributed by atoms with E-state index in [1.807, 2.05) is 42.6 Å². The predicted molar refractivity (Wildman–Crippen MR) is 122 cm³/mol. The van der Waals surface area contributed by atoms with Gasteiger partial charge in [0, 0.05) is 30.2 Å². The normalized spacial score (nSPS) is 18.6. The van der Waals surface area contributed by atoms with Gasteiger partial charge in [-0.05, 0) is 62.5 Å². The van der Waals surface area contributed by atoms with Crippen molar-refractivity contribution in [1.29, 1.82) is 0 Å². The van der Waals surface area contributed by atoms with E-state index in [1.54, 1.807) is 14.2 Å². The van der Waals surface area contributed by atoms with Crippen LogP contribution in [0, 0.1) is 0 Å². The Morgan fingerprint density at radius 1 is 1.07 bits per heavy atom. The Labute approximate surface area is 182 Å². The molecule has 0 radical (unpaired) electrons. The summed E-state index contributed by atoms with van der Waals surface area (Å²) in [5.74, 6) is 1.47. The van der Waals surface area contributed by atoms with Gasteiger partial charge in [0.2, 0.25) is 0 Å². The van der Waals surface area contributed by atoms with Crippen LogP contribution in [0.5, 0.6) is 11.5 Å². The minimum absolute atomic E-state index is 0.106. The molecular formula is C23H26N4O2S. The lowest BCUT2D eigenvalue weighted by Crippen LogP contribution is -2.31. The Kier molecular flexibility index (Phi) is 5.63. The summed E-state index contributed by atoms with van der Waals surface area (Å²) in [6.45, 7) is 4.35. The number of nitrogens with zero attached hydrogens (tertiary/aromatic N) is 3. The van der Waals surface area contributed by atoms with E-state index in [1.165, 1.54) is 0 Å². The second-order valence-corrected chi connectivity index (χ2v) is 7.86. The minimum Gasteiger partial charge on any atom is -0.497 e. The van der Waals surface area contributed by atoms with Gasteiger partial charge in [0.25, 0.3) is 0 Å². The standard InChI is InChI=1S/C23H26N4O2S/c1-15(2)26-13-7-9-18(26)22-21(17-8-5-6-12-24-17)25-23(30)27(22)19-14-16(28-3)10-11-20(19)29-4/h5-15,21-22H,1-4H3,(H,25,30)/t21-,22-/m1/s1. The fourth-order valence-electron chi connectivity index (χ4n) is 4.03. The monoisotopic (exact) mass is 422 g/mol. The third-order valence-corrected chi connectivity index (χ3v) is 5.73. The molecular weight excluding hydrogens is 396 g/mol. The SMILES string of the molecule is COc1ccc(OC)c(N2C(=S)N[C@H](c3ccccn3)[C@H]2c2cccn2C(C)C)c1. The number of hydrogen-bond acceptors (Lipinski definition) is 4. The van der Waals surface area contributed by atoms with Gasteiger partial charge in [0.15, 0.2) is 5.11 Å². The molecule has 0 saturated carbocycles. The third kappa shape index (κ3) is 3.50. The highest BCUT2D eigenvalue weighted by molar-refractivity contribution is 7.80. The van der Waals surface area contributed by atoms with E-state index in [0.717, 1.165) is 28.6 Å². The Balaban J connectivity index is 1.91. The van der Waals surface area contributed by atoms with Gasteiger partial charge in [-0.25, -0.2) is 0 Å². The zero-order valence-corrected chi connectivity index (χ0v) is 18.4. The molecule has 1 fully saturated rings. The number of aromatic nitrogens is 2. The topological polar surface area (TPSA) is 51.6 Å². The van der Waals surface area contributed by atoms with Crippen molar-refractivity contribution in [2.45, 2.75) is 32.0 Å². The molecule has 7 heteroatoms. The smallest absolute Gasteiger partial charge is 0.174 e. The lowest BCUT2D eigenvalue weighted by Gasteiger charge is -2.30. The van der Waals surface area contributed by atoms with Crippen LogP contribution in [0.3, 0.4) is 0 Å². The van der Waals surface area contributed by atoms with Crippen molar-refractivity contribution in [1.82, 2.24) is 14.9 Å². The first-order valence-corrected chi connectivity index (χ1v) is 10.4. The molecule has 3 aromatic rings. The first-order chi connectivity index (χ1) is 14.5. The summed E-state index contributed by atoms with van der Waals surface area (Å²) in [6.07, 6.45) is 3.92. The highest BCUT2D eigenvalue weighted by atomic mass is 32.1. The van der Waals surface area contributed by atoms with Crippen LogP contribution in [0.15, 0.2) is 60.9 Å². The van der Waals surface area contributed by atoms with Crippen molar-refractivity contribution in [3.63, 3.8) is 0 Å². The van der Waals surface area contributed by atoms with E-state index in [0.29, 0.717) is 11.2 Å². The molecule has 3 heterocycles. The molecule has 2 aromatic heterocycles. The van der Waals surface area contributed by atoms with Crippen LogP contribution in [-0.4, -0.2) is 28.9 Å². The zero-order chi connectivity index (χ0) is 21.3. The molecule has 0 aliphatic carbocycles. The molecule has 0 spiro atoms. The molecule has 0 amide bonds. The van der Waals surface area contributed by atoms with Gasteiger partial charge in [-0.15, -0.1) is 0 Å². The molecule has 1 saturated heterocycles. The Bertz CT molecular complexity index is 1030. The Hall–Kier alpha value is -3.06. The third-order valence-electron chi connectivity index (χ3n) is 5.41. The van der Waals surface area contributed by atoms with E-state index < -0.39 is 0 Å². The Morgan fingerprint density at radius 3 is 2.57 bits per heavy atom. The number of thiocarbonyl (C=S) groups is 1. The molecule has 0 bridgehead atoms. The van der Waals surface area contributed by atoms with Gasteiger partial charge in [-0.3, -0.25) is 4.98 Å². The van der Waals surface area contributed by atoms with Gasteiger partial charge in [0.05, 0.1) is 31.6 Å². The van der Waals surface area contributed by atoms with Crippen LogP contribution in [0.4, 0.5) is 5.69 Å². The van der Waals surface area contributed by atoms with Gasteiger partial charge in [-0.2, -0.15) is 0 Å². The van der Waals surface area contributed by atoms with Gasteiger partial charge in [-0.1, -0.05) is 6.07 Å². The molecule has 1 aliphatic rings. The van der Waals surface area contributed by atoms with Crippen LogP contribution in [0.25, 0.3) is 0 Å². The highest BCUT2D eigenvalue weighted by Gasteiger charge is 2.43. The number of ether oxygens (including phenoxy) is 2. The Morgan fingerprint density at radius 2 is 1.90 bits per heavy atom. The summed E-state index contributed by atoms with van der Waals surface area (Å²) in [5, 5.41) is 4.12. The summed E-state index contributed by atoms with van der Waals surface area (Å²) in [6, 6.07) is 16.0. The molecule has 0 unspecified atom stereocenters. The summed E-state index contributed by atoms with van der Waals surface area (Å²) in [5.41, 5.74) is 2.94. The van der Waals surface area contributed by atoms with Crippen LogP contribution in [0.1, 0.15) is 43.4 Å². The number of nitrogens with one attached hydrogen (secondary N) is 1. The molecule has 2 atom stereocenters. The van der Waals surface area contributed by atoms with E-state index >= 15 is 0 Å². The molecule has 156 valence electrons. The molecule has 4 rings (SSSR count). The maximum absolute atomic E-state index is 5.83. The van der Waals surface area contributed by atoms with Gasteiger partial charge in [0.1, 0.15) is 17.5 Å². The summed E-state index contributed by atoms with van der Waals surface area (Å²) < 4.78 is 13.4. The second kappa shape index (κ2) is 8.36. The first kappa shape index (κ1) is 20.2. The number of methoxy groups -OCH3 is 2. The van der Waals surface area contributed by atoms with Crippen molar-refractivity contribution in [2.24, 2.45) is 0 Å². The number of benzene rings is 1. The van der Waals surface area contributed by atoms with Gasteiger partial charge >= 0.3 is 0 Å². The van der Waals surface area contributed by atoms with Crippen molar-refractivity contribution >= 4 is 23.0 Å². The first-order valence-electron chi connectivity index (χ1n) is 9.94. The maximum atomic E-state index is 5.83. The molecule has 1 aromatic carbocycles. The van der Waals surface area contributed by atoms with E-state index in [4.69, 9.17) is 21.7 Å². The van der Waals surface area contributed by atoms with Crippen LogP contribution in [-0.2, 0) is 0 Å². The highest BCUT2D eigenvalue weighted by Crippen LogP contribution is 2.45. The lowest BCUT2D eigenvalue weighted by atomic mass is 10.0. The van der Waals surface area contributed by atoms with Gasteiger partial charge < -0.3 is 24.3 Å². The number of rotatable bonds is 6. The summed E-state index contributed by atoms with van der Waals surface area (Å²) >= 11 is 5.83. The fourth-order valence-corrected chi connectivity index (χ4v) is 4.37. The number of anilines is 1. The van der Waals surface area contributed by atoms with Crippen LogP contribution in [0.2, 0.25) is 0 Å². The predicted octanol–water partition coefficient (Wildman–Crippen LogP) is 4.66. The van der Waals surface area contributed by atoms with E-state index in [9.17, 15) is 0 Å². The van der Waals surface area contributed by atoms with E-state index in [-0.39, 0.29) is 12.1 Å². The molecule has 1 N–H and O–H groups in total. The zero-order valence-electron chi connectivity index (χ0n) is 17.6. The average Bonchev–Trinajstić information content (AvgIpc) is 3.38. The maximum Gasteiger partial charge on any atom is 0.174 e. The van der Waals surface area contributed by atoms with Crippen molar-refractivity contribution in [3.05, 3.63) is 72.3 Å². The van der Waals surface area contributed by atoms with Crippen molar-refractivity contribution in [2.75, 3.05) is 19.1 Å². The van der Waals surface area contributed by atoms with E-state index in [2.05, 4.69) is 51.9 Å². The molecule has 30 heavy (non-hydrogen) atoms. The molecule has 6 nitrogen and oxygen atoms in total. The van der Waals surface area contributed by atoms with Crippen LogP contribution < -0.4 is 19.7 Å². The van der Waals surface area contributed by atoms with Crippen LogP contribution >= 0.6 is 12.2 Å². The average molecular weight is 423 g/mol. The number of pyridine rings is 1. The number of hydrogen-bond donors (Lipinski definition) is 1. The summed E-state index contributed by atoms with van der Waals surface area (Å²) in [7, 11) is 3.32. The van der Waals surface area contributed by atoms with Crippen molar-refractivity contribution in [3.8, 4) is 11.5 Å². The lowest BCUT2D eigenvalue weighted by molar-refractivity contribution is 0.402.